The van der Waals surface area contributed by atoms with Gasteiger partial charge in [0.2, 0.25) is 0 Å². The van der Waals surface area contributed by atoms with Crippen LogP contribution in [-0.4, -0.2) is 9.13 Å². The van der Waals surface area contributed by atoms with Crippen molar-refractivity contribution in [3.63, 3.8) is 0 Å². The third-order valence-electron chi connectivity index (χ3n) is 11.2. The van der Waals surface area contributed by atoms with Crippen LogP contribution in [-0.2, 0) is 0 Å². The summed E-state index contributed by atoms with van der Waals surface area (Å²) in [6, 6.07) is 61.9. The molecule has 0 N–H and O–H groups in total. The van der Waals surface area contributed by atoms with Crippen molar-refractivity contribution in [2.75, 3.05) is 0 Å². The van der Waals surface area contributed by atoms with Gasteiger partial charge in [0, 0.05) is 47.8 Å². The van der Waals surface area contributed by atoms with Gasteiger partial charge in [-0.15, -0.1) is 22.7 Å². The van der Waals surface area contributed by atoms with Crippen LogP contribution in [0.3, 0.4) is 0 Å². The van der Waals surface area contributed by atoms with Gasteiger partial charge in [-0.3, -0.25) is 0 Å². The predicted octanol–water partition coefficient (Wildman–Crippen LogP) is 14.2. The second-order valence-electron chi connectivity index (χ2n) is 14.0. The SMILES string of the molecule is N#Cc1cccc2c1sc1c(-n3c4ccccc4c4cc(-c5ccc6c(c5)c5ccccc5n6-c5cccc6c5sc5ccccc56)ccc43)cccc12. The van der Waals surface area contributed by atoms with Crippen molar-refractivity contribution < 1.29 is 0 Å². The molecule has 4 aromatic heterocycles. The van der Waals surface area contributed by atoms with Gasteiger partial charge in [-0.1, -0.05) is 103 Å². The molecule has 0 bridgehead atoms. The number of aromatic nitrogens is 2. The normalized spacial score (nSPS) is 12.1. The summed E-state index contributed by atoms with van der Waals surface area (Å²) < 4.78 is 9.72. The fourth-order valence-electron chi connectivity index (χ4n) is 8.80. The molecule has 12 rings (SSSR count). The average Bonchev–Trinajstić information content (AvgIpc) is 3.98. The molecule has 54 heavy (non-hydrogen) atoms. The van der Waals surface area contributed by atoms with Crippen LogP contribution in [0, 0.1) is 11.3 Å². The standard InChI is InChI=1S/C49H27N3S2/c50-28-31-10-7-14-36-37-16-9-20-45(49(37)54-47(31)36)52-41-18-5-2-12-33(41)39-27-30(23-25-43(39)52)29-22-24-42-38(26-29)32-11-1-4-17-40(32)51(42)44-19-8-15-35-34-13-3-6-21-46(34)53-48(35)44/h1-27H. The summed E-state index contributed by atoms with van der Waals surface area (Å²) in [5.74, 6) is 0. The Bertz CT molecular complexity index is 3590. The largest absolute Gasteiger partial charge is 0.308 e. The van der Waals surface area contributed by atoms with Crippen LogP contribution in [0.15, 0.2) is 164 Å². The zero-order chi connectivity index (χ0) is 35.5. The third kappa shape index (κ3) is 4.04. The highest BCUT2D eigenvalue weighted by Crippen LogP contribution is 2.44. The Labute approximate surface area is 317 Å². The third-order valence-corrected chi connectivity index (χ3v) is 13.7. The zero-order valence-electron chi connectivity index (χ0n) is 28.7. The molecule has 250 valence electrons. The minimum Gasteiger partial charge on any atom is -0.308 e. The maximum atomic E-state index is 9.89. The molecular formula is C49H27N3S2. The van der Waals surface area contributed by atoms with E-state index in [0.29, 0.717) is 0 Å². The number of para-hydroxylation sites is 2. The van der Waals surface area contributed by atoms with Crippen molar-refractivity contribution in [1.82, 2.24) is 9.13 Å². The molecule has 0 spiro atoms. The Balaban J connectivity index is 1.06. The molecule has 0 aliphatic rings. The summed E-state index contributed by atoms with van der Waals surface area (Å²) in [5, 5.41) is 19.8. The lowest BCUT2D eigenvalue weighted by atomic mass is 10.0. The Morgan fingerprint density at radius 1 is 0.370 bits per heavy atom. The van der Waals surface area contributed by atoms with Gasteiger partial charge in [0.1, 0.15) is 6.07 Å². The molecule has 0 atom stereocenters. The lowest BCUT2D eigenvalue weighted by molar-refractivity contribution is 1.20. The molecular weight excluding hydrogens is 695 g/mol. The van der Waals surface area contributed by atoms with Gasteiger partial charge in [0.25, 0.3) is 0 Å². The van der Waals surface area contributed by atoms with E-state index in [4.69, 9.17) is 0 Å². The van der Waals surface area contributed by atoms with E-state index in [9.17, 15) is 5.26 Å². The van der Waals surface area contributed by atoms with Gasteiger partial charge in [-0.25, -0.2) is 0 Å². The number of thiophene rings is 2. The van der Waals surface area contributed by atoms with E-state index < -0.39 is 0 Å². The summed E-state index contributed by atoms with van der Waals surface area (Å²) in [6.07, 6.45) is 0. The molecule has 4 heterocycles. The monoisotopic (exact) mass is 721 g/mol. The van der Waals surface area contributed by atoms with Crippen molar-refractivity contribution in [2.24, 2.45) is 0 Å². The van der Waals surface area contributed by atoms with Gasteiger partial charge < -0.3 is 9.13 Å². The first-order valence-corrected chi connectivity index (χ1v) is 19.7. The van der Waals surface area contributed by atoms with Crippen LogP contribution in [0.2, 0.25) is 0 Å². The van der Waals surface area contributed by atoms with Gasteiger partial charge in [-0.2, -0.15) is 5.26 Å². The van der Waals surface area contributed by atoms with Crippen LogP contribution < -0.4 is 0 Å². The van der Waals surface area contributed by atoms with Gasteiger partial charge >= 0.3 is 0 Å². The fraction of sp³-hybridized carbons (Fsp3) is 0. The maximum absolute atomic E-state index is 9.89. The lowest BCUT2D eigenvalue weighted by Gasteiger charge is -2.11. The van der Waals surface area contributed by atoms with E-state index in [1.54, 1.807) is 11.3 Å². The topological polar surface area (TPSA) is 33.6 Å². The minimum atomic E-state index is 0.726. The van der Waals surface area contributed by atoms with Crippen molar-refractivity contribution in [3.05, 3.63) is 169 Å². The van der Waals surface area contributed by atoms with Crippen molar-refractivity contribution >= 4 is 107 Å². The van der Waals surface area contributed by atoms with E-state index in [1.165, 1.54) is 90.7 Å². The smallest absolute Gasteiger partial charge is 0.101 e. The molecule has 0 amide bonds. The Hall–Kier alpha value is -6.71. The number of fused-ring (bicyclic) bond motifs is 12. The van der Waals surface area contributed by atoms with Crippen LogP contribution in [0.1, 0.15) is 5.56 Å². The van der Waals surface area contributed by atoms with E-state index in [2.05, 4.69) is 167 Å². The van der Waals surface area contributed by atoms with Crippen LogP contribution >= 0.6 is 22.7 Å². The van der Waals surface area contributed by atoms with Gasteiger partial charge in [0.15, 0.2) is 0 Å². The summed E-state index contributed by atoms with van der Waals surface area (Å²) in [6.45, 7) is 0. The summed E-state index contributed by atoms with van der Waals surface area (Å²) >= 11 is 3.59. The van der Waals surface area contributed by atoms with Crippen LogP contribution in [0.4, 0.5) is 0 Å². The predicted molar refractivity (Wildman–Crippen MR) is 231 cm³/mol. The molecule has 0 unspecified atom stereocenters. The number of rotatable bonds is 3. The van der Waals surface area contributed by atoms with E-state index in [0.717, 1.165) is 21.3 Å². The quantitative estimate of drug-likeness (QED) is 0.179. The fourth-order valence-corrected chi connectivity index (χ4v) is 11.3. The highest BCUT2D eigenvalue weighted by Gasteiger charge is 2.20. The molecule has 0 saturated heterocycles. The van der Waals surface area contributed by atoms with Gasteiger partial charge in [-0.05, 0) is 71.8 Å². The van der Waals surface area contributed by atoms with E-state index in [-0.39, 0.29) is 0 Å². The van der Waals surface area contributed by atoms with Crippen LogP contribution in [0.5, 0.6) is 0 Å². The van der Waals surface area contributed by atoms with E-state index >= 15 is 0 Å². The molecule has 0 aliphatic heterocycles. The minimum absolute atomic E-state index is 0.726. The molecule has 0 aliphatic carbocycles. The summed E-state index contributed by atoms with van der Waals surface area (Å²) in [4.78, 5) is 0. The number of nitrogens with zero attached hydrogens (tertiary/aromatic N) is 3. The molecule has 0 fully saturated rings. The molecule has 0 saturated carbocycles. The van der Waals surface area contributed by atoms with Crippen molar-refractivity contribution in [3.8, 4) is 28.6 Å². The van der Waals surface area contributed by atoms with Crippen molar-refractivity contribution in [2.45, 2.75) is 0 Å². The Morgan fingerprint density at radius 3 is 1.44 bits per heavy atom. The van der Waals surface area contributed by atoms with Crippen molar-refractivity contribution in [1.29, 1.82) is 5.26 Å². The first-order valence-electron chi connectivity index (χ1n) is 18.1. The average molecular weight is 722 g/mol. The Kier molecular flexibility index (Phi) is 6.16. The summed E-state index contributed by atoms with van der Waals surface area (Å²) in [7, 11) is 0. The second kappa shape index (κ2) is 11.1. The molecule has 0 radical (unpaired) electrons. The number of hydrogen-bond acceptors (Lipinski definition) is 3. The number of hydrogen-bond donors (Lipinski definition) is 0. The van der Waals surface area contributed by atoms with Gasteiger partial charge in [0.05, 0.1) is 53.1 Å². The molecule has 12 aromatic rings. The first-order chi connectivity index (χ1) is 26.7. The highest BCUT2D eigenvalue weighted by atomic mass is 32.1. The first kappa shape index (κ1) is 29.8. The molecule has 3 nitrogen and oxygen atoms in total. The second-order valence-corrected chi connectivity index (χ2v) is 16.0. The lowest BCUT2D eigenvalue weighted by Crippen LogP contribution is -1.94. The summed E-state index contributed by atoms with van der Waals surface area (Å²) in [5.41, 5.74) is 10.2. The zero-order valence-corrected chi connectivity index (χ0v) is 30.4. The maximum Gasteiger partial charge on any atom is 0.101 e. The highest BCUT2D eigenvalue weighted by molar-refractivity contribution is 7.26. The number of nitriles is 1. The molecule has 5 heteroatoms. The Morgan fingerprint density at radius 2 is 0.833 bits per heavy atom. The molecule has 8 aromatic carbocycles. The number of benzene rings is 8. The van der Waals surface area contributed by atoms with Crippen LogP contribution in [0.25, 0.3) is 106 Å². The van der Waals surface area contributed by atoms with E-state index in [1.807, 2.05) is 23.5 Å².